The fraction of sp³-hybridized carbons (Fsp3) is 0.100. The summed E-state index contributed by atoms with van der Waals surface area (Å²) < 4.78 is 5.34. The molecule has 0 saturated carbocycles. The number of nitriles is 1. The minimum Gasteiger partial charge on any atom is -0.488 e. The molecule has 0 amide bonds. The molecule has 2 nitrogen and oxygen atoms in total. The molecule has 0 unspecified atom stereocenters. The standard InChI is InChI=1S/C10H7NO/c11-7-9-4-1-3-8-5-2-6-12-10(8)9/h1-5H,6H2. The molecule has 1 aromatic rings. The lowest BCUT2D eigenvalue weighted by Gasteiger charge is -2.12. The molecular formula is C10H7NO. The smallest absolute Gasteiger partial charge is 0.144 e. The second-order valence-corrected chi connectivity index (χ2v) is 2.55. The van der Waals surface area contributed by atoms with Gasteiger partial charge in [0.25, 0.3) is 0 Å². The topological polar surface area (TPSA) is 33.0 Å². The number of hydrogen-bond acceptors (Lipinski definition) is 2. The van der Waals surface area contributed by atoms with Gasteiger partial charge in [-0.05, 0) is 12.1 Å². The zero-order valence-electron chi connectivity index (χ0n) is 6.45. The molecule has 0 bridgehead atoms. The maximum Gasteiger partial charge on any atom is 0.144 e. The zero-order chi connectivity index (χ0) is 8.39. The lowest BCUT2D eigenvalue weighted by atomic mass is 10.1. The van der Waals surface area contributed by atoms with Crippen LogP contribution in [0.15, 0.2) is 24.3 Å². The molecule has 2 rings (SSSR count). The fourth-order valence-corrected chi connectivity index (χ4v) is 1.24. The van der Waals surface area contributed by atoms with Crippen LogP contribution in [0.1, 0.15) is 11.1 Å². The van der Waals surface area contributed by atoms with E-state index in [0.29, 0.717) is 17.9 Å². The summed E-state index contributed by atoms with van der Waals surface area (Å²) in [5.74, 6) is 0.711. The summed E-state index contributed by atoms with van der Waals surface area (Å²) in [5.41, 5.74) is 1.59. The van der Waals surface area contributed by atoms with Crippen LogP contribution in [0.2, 0.25) is 0 Å². The van der Waals surface area contributed by atoms with Crippen molar-refractivity contribution in [1.82, 2.24) is 0 Å². The zero-order valence-corrected chi connectivity index (χ0v) is 6.45. The first-order chi connectivity index (χ1) is 5.92. The normalized spacial score (nSPS) is 12.9. The summed E-state index contributed by atoms with van der Waals surface area (Å²) in [6.07, 6.45) is 3.91. The Labute approximate surface area is 70.7 Å². The fourth-order valence-electron chi connectivity index (χ4n) is 1.24. The molecule has 0 fully saturated rings. The predicted molar refractivity (Wildman–Crippen MR) is 45.7 cm³/mol. The Balaban J connectivity index is 2.63. The largest absolute Gasteiger partial charge is 0.488 e. The van der Waals surface area contributed by atoms with Gasteiger partial charge in [-0.15, -0.1) is 0 Å². The first-order valence-corrected chi connectivity index (χ1v) is 3.74. The van der Waals surface area contributed by atoms with Gasteiger partial charge in [-0.2, -0.15) is 5.26 Å². The number of ether oxygens (including phenoxy) is 1. The lowest BCUT2D eigenvalue weighted by Crippen LogP contribution is -2.01. The van der Waals surface area contributed by atoms with E-state index in [1.165, 1.54) is 0 Å². The average molecular weight is 157 g/mol. The van der Waals surface area contributed by atoms with Gasteiger partial charge in [0.1, 0.15) is 18.4 Å². The molecule has 1 aliphatic heterocycles. The minimum atomic E-state index is 0.561. The van der Waals surface area contributed by atoms with Gasteiger partial charge in [0.2, 0.25) is 0 Å². The van der Waals surface area contributed by atoms with Gasteiger partial charge < -0.3 is 4.74 Å². The van der Waals surface area contributed by atoms with Crippen LogP contribution in [-0.4, -0.2) is 6.61 Å². The third kappa shape index (κ3) is 0.960. The molecule has 2 heteroatoms. The number of fused-ring (bicyclic) bond motifs is 1. The van der Waals surface area contributed by atoms with Crippen molar-refractivity contribution in [1.29, 1.82) is 5.26 Å². The highest BCUT2D eigenvalue weighted by atomic mass is 16.5. The first-order valence-electron chi connectivity index (χ1n) is 3.74. The first kappa shape index (κ1) is 6.93. The van der Waals surface area contributed by atoms with Crippen molar-refractivity contribution in [2.24, 2.45) is 0 Å². The Morgan fingerprint density at radius 3 is 3.17 bits per heavy atom. The van der Waals surface area contributed by atoms with Crippen molar-refractivity contribution < 1.29 is 4.74 Å². The molecule has 1 aromatic carbocycles. The van der Waals surface area contributed by atoms with E-state index in [-0.39, 0.29) is 0 Å². The van der Waals surface area contributed by atoms with Crippen LogP contribution >= 0.6 is 0 Å². The SMILES string of the molecule is N#Cc1cccc2c1OCC=C2. The second-order valence-electron chi connectivity index (χ2n) is 2.55. The van der Waals surface area contributed by atoms with Crippen LogP contribution in [0.4, 0.5) is 0 Å². The second kappa shape index (κ2) is 2.71. The van der Waals surface area contributed by atoms with E-state index in [4.69, 9.17) is 10.00 Å². The molecule has 0 saturated heterocycles. The van der Waals surface area contributed by atoms with Crippen LogP contribution in [0.25, 0.3) is 6.08 Å². The van der Waals surface area contributed by atoms with Crippen LogP contribution in [0.3, 0.4) is 0 Å². The number of para-hydroxylation sites is 1. The van der Waals surface area contributed by atoms with Crippen molar-refractivity contribution in [3.8, 4) is 11.8 Å². The van der Waals surface area contributed by atoms with Crippen LogP contribution in [0, 0.1) is 11.3 Å². The van der Waals surface area contributed by atoms with Gasteiger partial charge in [0, 0.05) is 5.56 Å². The van der Waals surface area contributed by atoms with Gasteiger partial charge in [0.15, 0.2) is 0 Å². The van der Waals surface area contributed by atoms with Gasteiger partial charge in [0.05, 0.1) is 5.56 Å². The molecule has 0 N–H and O–H groups in total. The van der Waals surface area contributed by atoms with E-state index in [1.807, 2.05) is 24.3 Å². The third-order valence-corrected chi connectivity index (χ3v) is 1.79. The molecule has 0 spiro atoms. The van der Waals surface area contributed by atoms with Gasteiger partial charge in [-0.1, -0.05) is 18.2 Å². The highest BCUT2D eigenvalue weighted by Crippen LogP contribution is 2.26. The summed E-state index contributed by atoms with van der Waals surface area (Å²) >= 11 is 0. The molecule has 0 aliphatic carbocycles. The summed E-state index contributed by atoms with van der Waals surface area (Å²) in [7, 11) is 0. The number of rotatable bonds is 0. The molecule has 1 heterocycles. The van der Waals surface area contributed by atoms with Crippen LogP contribution in [-0.2, 0) is 0 Å². The molecule has 12 heavy (non-hydrogen) atoms. The van der Waals surface area contributed by atoms with Gasteiger partial charge in [-0.3, -0.25) is 0 Å². The van der Waals surface area contributed by atoms with Crippen molar-refractivity contribution in [3.63, 3.8) is 0 Å². The summed E-state index contributed by atoms with van der Waals surface area (Å²) in [4.78, 5) is 0. The number of hydrogen-bond donors (Lipinski definition) is 0. The van der Waals surface area contributed by atoms with Crippen LogP contribution in [0.5, 0.6) is 5.75 Å². The summed E-state index contributed by atoms with van der Waals surface area (Å²) in [6, 6.07) is 7.65. The van der Waals surface area contributed by atoms with E-state index in [2.05, 4.69) is 6.07 Å². The molecule has 1 aliphatic rings. The third-order valence-electron chi connectivity index (χ3n) is 1.79. The van der Waals surface area contributed by atoms with Crippen molar-refractivity contribution in [2.45, 2.75) is 0 Å². The Morgan fingerprint density at radius 1 is 1.42 bits per heavy atom. The van der Waals surface area contributed by atoms with Gasteiger partial charge >= 0.3 is 0 Å². The lowest BCUT2D eigenvalue weighted by molar-refractivity contribution is 0.357. The Kier molecular flexibility index (Phi) is 1.56. The maximum atomic E-state index is 8.74. The van der Waals surface area contributed by atoms with E-state index >= 15 is 0 Å². The van der Waals surface area contributed by atoms with E-state index < -0.39 is 0 Å². The Bertz CT molecular complexity index is 374. The van der Waals surface area contributed by atoms with E-state index in [1.54, 1.807) is 6.07 Å². The highest BCUT2D eigenvalue weighted by Gasteiger charge is 2.09. The Morgan fingerprint density at radius 2 is 2.33 bits per heavy atom. The van der Waals surface area contributed by atoms with Gasteiger partial charge in [-0.25, -0.2) is 0 Å². The van der Waals surface area contributed by atoms with Crippen molar-refractivity contribution in [2.75, 3.05) is 6.61 Å². The van der Waals surface area contributed by atoms with Crippen LogP contribution < -0.4 is 4.74 Å². The molecule has 58 valence electrons. The molecule has 0 atom stereocenters. The quantitative estimate of drug-likeness (QED) is 0.576. The van der Waals surface area contributed by atoms with Crippen molar-refractivity contribution in [3.05, 3.63) is 35.4 Å². The monoisotopic (exact) mass is 157 g/mol. The summed E-state index contributed by atoms with van der Waals surface area (Å²) in [5, 5.41) is 8.74. The van der Waals surface area contributed by atoms with E-state index in [9.17, 15) is 0 Å². The number of nitrogens with zero attached hydrogens (tertiary/aromatic N) is 1. The molecular weight excluding hydrogens is 150 g/mol. The highest BCUT2D eigenvalue weighted by molar-refractivity contribution is 5.64. The van der Waals surface area contributed by atoms with E-state index in [0.717, 1.165) is 5.56 Å². The Hall–Kier alpha value is -1.75. The molecule has 0 radical (unpaired) electrons. The summed E-state index contributed by atoms with van der Waals surface area (Å²) in [6.45, 7) is 0.561. The van der Waals surface area contributed by atoms with Crippen molar-refractivity contribution >= 4 is 6.08 Å². The molecule has 0 aromatic heterocycles. The minimum absolute atomic E-state index is 0.561. The predicted octanol–water partition coefficient (Wildman–Crippen LogP) is 1.96. The number of benzene rings is 1. The maximum absolute atomic E-state index is 8.74. The average Bonchev–Trinajstić information content (AvgIpc) is 2.17.